The fourth-order valence-corrected chi connectivity index (χ4v) is 7.78. The molecule has 0 saturated carbocycles. The van der Waals surface area contributed by atoms with Crippen molar-refractivity contribution in [1.29, 1.82) is 0 Å². The first-order valence-electron chi connectivity index (χ1n) is 10.5. The number of carbonyl (C=O) groups is 1. The summed E-state index contributed by atoms with van der Waals surface area (Å²) in [5.74, 6) is -0.0994. The van der Waals surface area contributed by atoms with Crippen LogP contribution in [0.5, 0.6) is 5.75 Å². The molecule has 1 aromatic carbocycles. The van der Waals surface area contributed by atoms with E-state index in [1.165, 1.54) is 11.3 Å². The monoisotopic (exact) mass is 663 g/mol. The molecule has 0 saturated heterocycles. The number of halogens is 2. The maximum atomic E-state index is 11.5. The number of thiazole rings is 1. The second-order valence-electron chi connectivity index (χ2n) is 7.70. The van der Waals surface area contributed by atoms with Crippen molar-refractivity contribution in [3.8, 4) is 5.75 Å². The third-order valence-electron chi connectivity index (χ3n) is 5.20. The van der Waals surface area contributed by atoms with Crippen LogP contribution in [0.3, 0.4) is 0 Å². The minimum Gasteiger partial charge on any atom is -0.477 e. The van der Waals surface area contributed by atoms with Crippen LogP contribution in [0.15, 0.2) is 50.1 Å². The molecule has 0 aliphatic carbocycles. The molecule has 0 bridgehead atoms. The number of allylic oxidation sites excluding steroid dienone is 2. The number of hydrogen-bond donors (Lipinski definition) is 2. The summed E-state index contributed by atoms with van der Waals surface area (Å²) >= 11 is 10.0. The van der Waals surface area contributed by atoms with Gasteiger partial charge in [0.2, 0.25) is 17.9 Å². The molecule has 186 valence electrons. The van der Waals surface area contributed by atoms with Crippen molar-refractivity contribution in [2.24, 2.45) is 0 Å². The van der Waals surface area contributed by atoms with Crippen LogP contribution in [0.2, 0.25) is 0 Å². The van der Waals surface area contributed by atoms with E-state index in [1.54, 1.807) is 15.9 Å². The summed E-state index contributed by atoms with van der Waals surface area (Å²) in [7, 11) is -4.07. The molecule has 0 unspecified atom stereocenters. The minimum absolute atomic E-state index is 0.152. The maximum absolute atomic E-state index is 11.5. The van der Waals surface area contributed by atoms with Gasteiger partial charge in [-0.3, -0.25) is 4.55 Å². The Balaban J connectivity index is 1.71. The van der Waals surface area contributed by atoms with Gasteiger partial charge in [-0.2, -0.15) is 13.0 Å². The van der Waals surface area contributed by atoms with Crippen molar-refractivity contribution >= 4 is 91.9 Å². The normalized spacial score (nSPS) is 15.1. The molecule has 0 fully saturated rings. The molecule has 0 spiro atoms. The number of thiophene rings is 1. The highest BCUT2D eigenvalue weighted by Gasteiger charge is 2.28. The van der Waals surface area contributed by atoms with Crippen LogP contribution in [0.25, 0.3) is 15.6 Å². The Labute approximate surface area is 227 Å². The predicted octanol–water partition coefficient (Wildman–Crippen LogP) is 5.67. The molecule has 1 aliphatic heterocycles. The first-order valence-corrected chi connectivity index (χ1v) is 15.3. The van der Waals surface area contributed by atoms with Crippen LogP contribution in [0.4, 0.5) is 5.69 Å². The average Bonchev–Trinajstić information content (AvgIpc) is 3.38. The highest BCUT2D eigenvalue weighted by Crippen LogP contribution is 2.41. The number of carboxylic acids is 1. The van der Waals surface area contributed by atoms with E-state index in [0.29, 0.717) is 24.6 Å². The Morgan fingerprint density at radius 1 is 1.26 bits per heavy atom. The average molecular weight is 665 g/mol. The molecule has 0 radical (unpaired) electrons. The highest BCUT2D eigenvalue weighted by atomic mass is 79.9. The van der Waals surface area contributed by atoms with Crippen molar-refractivity contribution in [3.05, 3.63) is 55.1 Å². The number of nitrogens with zero attached hydrogens (tertiary/aromatic N) is 2. The van der Waals surface area contributed by atoms with Gasteiger partial charge < -0.3 is 14.7 Å². The Morgan fingerprint density at radius 3 is 2.71 bits per heavy atom. The lowest BCUT2D eigenvalue weighted by Crippen LogP contribution is -2.39. The highest BCUT2D eigenvalue weighted by molar-refractivity contribution is 9.11. The Morgan fingerprint density at radius 2 is 2.03 bits per heavy atom. The molecule has 0 atom stereocenters. The third-order valence-corrected chi connectivity index (χ3v) is 9.36. The molecule has 1 aliphatic rings. The zero-order chi connectivity index (χ0) is 25.3. The number of hydrogen-bond acceptors (Lipinski definition) is 7. The topological polar surface area (TPSA) is 108 Å². The summed E-state index contributed by atoms with van der Waals surface area (Å²) in [5.41, 5.74) is 2.57. The second-order valence-corrected chi connectivity index (χ2v) is 13.9. The Kier molecular flexibility index (Phi) is 8.03. The molecule has 8 nitrogen and oxygen atoms in total. The van der Waals surface area contributed by atoms with E-state index in [1.807, 2.05) is 48.2 Å². The van der Waals surface area contributed by atoms with Gasteiger partial charge in [-0.1, -0.05) is 34.2 Å². The van der Waals surface area contributed by atoms with Gasteiger partial charge >= 0.3 is 5.97 Å². The van der Waals surface area contributed by atoms with E-state index in [-0.39, 0.29) is 18.7 Å². The zero-order valence-electron chi connectivity index (χ0n) is 18.4. The smallest absolute Gasteiger partial charge is 0.370 e. The lowest BCUT2D eigenvalue weighted by Gasteiger charge is -2.18. The number of aromatic nitrogens is 1. The first-order chi connectivity index (χ1) is 16.5. The molecule has 2 N–H and O–H groups in total. The van der Waals surface area contributed by atoms with Gasteiger partial charge in [-0.05, 0) is 52.5 Å². The molecular formula is C22H21Br2N2O6S3+. The van der Waals surface area contributed by atoms with Crippen LogP contribution in [0, 0.1) is 0 Å². The van der Waals surface area contributed by atoms with Crippen LogP contribution in [-0.4, -0.2) is 36.3 Å². The quantitative estimate of drug-likeness (QED) is 0.224. The van der Waals surface area contributed by atoms with Gasteiger partial charge in [0, 0.05) is 29.2 Å². The molecule has 3 aromatic rings. The van der Waals surface area contributed by atoms with E-state index in [4.69, 9.17) is 9.29 Å². The lowest BCUT2D eigenvalue weighted by atomic mass is 10.2. The standard InChI is InChI=1S/C22H20Br2N2O6S3/c1-2-13(9-20-26(12-21(27)28)16-11-18(24)33-22(16)34-20)8-19-25(6-3-7-35(29,30)31)15-10-14(23)4-5-17(15)32-19/h4-5,8-11H,2-3,6-7,12H2,1H3,(H-,27,28,29,30,31)/p+1. The summed E-state index contributed by atoms with van der Waals surface area (Å²) in [6, 6.07) is 7.51. The fourth-order valence-electron chi connectivity index (χ4n) is 3.65. The second kappa shape index (κ2) is 10.7. The molecule has 35 heavy (non-hydrogen) atoms. The predicted molar refractivity (Wildman–Crippen MR) is 145 cm³/mol. The van der Waals surface area contributed by atoms with Crippen LogP contribution in [0.1, 0.15) is 24.8 Å². The van der Waals surface area contributed by atoms with E-state index in [0.717, 1.165) is 34.1 Å². The van der Waals surface area contributed by atoms with Gasteiger partial charge in [0.15, 0.2) is 9.76 Å². The largest absolute Gasteiger partial charge is 0.477 e. The summed E-state index contributed by atoms with van der Waals surface area (Å²) in [6.45, 7) is 2.17. The number of aliphatic carboxylic acids is 1. The van der Waals surface area contributed by atoms with Crippen molar-refractivity contribution in [3.63, 3.8) is 0 Å². The van der Waals surface area contributed by atoms with Gasteiger partial charge in [-0.15, -0.1) is 11.3 Å². The number of rotatable bonds is 9. The van der Waals surface area contributed by atoms with Gasteiger partial charge in [0.1, 0.15) is 0 Å². The lowest BCUT2D eigenvalue weighted by molar-refractivity contribution is -0.657. The summed E-state index contributed by atoms with van der Waals surface area (Å²) in [5, 5.41) is 10.3. The molecule has 4 rings (SSSR count). The van der Waals surface area contributed by atoms with E-state index < -0.39 is 16.1 Å². The van der Waals surface area contributed by atoms with Crippen LogP contribution < -0.4 is 14.2 Å². The van der Waals surface area contributed by atoms with E-state index in [2.05, 4.69) is 31.9 Å². The fraction of sp³-hybridized carbons (Fsp3) is 0.273. The van der Waals surface area contributed by atoms with Crippen LogP contribution >= 0.6 is 54.5 Å². The minimum atomic E-state index is -4.07. The SMILES string of the molecule is CCC(=Cc1sc2sc(Br)cc2[n+]1CC(=O)O)C=C1Oc2ccc(Br)cc2N1CCCS(=O)(=O)O. The number of ether oxygens (including phenoxy) is 1. The van der Waals surface area contributed by atoms with Crippen molar-refractivity contribution in [2.45, 2.75) is 26.3 Å². The Bertz CT molecular complexity index is 1460. The molecule has 0 amide bonds. The van der Waals surface area contributed by atoms with Crippen molar-refractivity contribution < 1.29 is 32.2 Å². The first kappa shape index (κ1) is 26.3. The number of fused-ring (bicyclic) bond motifs is 2. The molecular weight excluding hydrogens is 644 g/mol. The molecule has 2 aromatic heterocycles. The molecule has 3 heterocycles. The van der Waals surface area contributed by atoms with E-state index >= 15 is 0 Å². The zero-order valence-corrected chi connectivity index (χ0v) is 24.0. The summed E-state index contributed by atoms with van der Waals surface area (Å²) < 4.78 is 42.3. The summed E-state index contributed by atoms with van der Waals surface area (Å²) in [6.07, 6.45) is 4.72. The number of benzene rings is 1. The van der Waals surface area contributed by atoms with Crippen LogP contribution in [-0.2, 0) is 21.5 Å². The third kappa shape index (κ3) is 6.33. The maximum Gasteiger partial charge on any atom is 0.370 e. The molecule has 13 heteroatoms. The van der Waals surface area contributed by atoms with Crippen molar-refractivity contribution in [1.82, 2.24) is 0 Å². The van der Waals surface area contributed by atoms with Gasteiger partial charge in [0.05, 0.1) is 15.2 Å². The summed E-state index contributed by atoms with van der Waals surface area (Å²) in [4.78, 5) is 13.4. The van der Waals surface area contributed by atoms with Gasteiger partial charge in [0.25, 0.3) is 15.1 Å². The van der Waals surface area contributed by atoms with Crippen molar-refractivity contribution in [2.75, 3.05) is 17.2 Å². The number of anilines is 1. The van der Waals surface area contributed by atoms with E-state index in [9.17, 15) is 18.3 Å². The van der Waals surface area contributed by atoms with Gasteiger partial charge in [-0.25, -0.2) is 4.79 Å². The Hall–Kier alpha value is -1.77. The number of carboxylic acid groups (broad SMARTS) is 1.